The number of rotatable bonds is 11. The number of halogens is 2. The Morgan fingerprint density at radius 3 is 2.07 bits per heavy atom. The summed E-state index contributed by atoms with van der Waals surface area (Å²) in [4.78, 5) is 16.4. The minimum absolute atomic E-state index is 0. The average Bonchev–Trinajstić information content (AvgIpc) is 3.78. The van der Waals surface area contributed by atoms with Crippen LogP contribution in [0.2, 0.25) is 0 Å². The fraction of sp³-hybridized carbons (Fsp3) is 0.333. The van der Waals surface area contributed by atoms with Gasteiger partial charge in [0.2, 0.25) is 0 Å². The van der Waals surface area contributed by atoms with Crippen LogP contribution in [0.1, 0.15) is 54.9 Å². The molecule has 5 rings (SSSR count). The van der Waals surface area contributed by atoms with Crippen LogP contribution in [0.15, 0.2) is 57.4 Å². The largest absolute Gasteiger partial charge is 0.369 e. The topological polar surface area (TPSA) is 189 Å². The van der Waals surface area contributed by atoms with Gasteiger partial charge in [-0.1, -0.05) is 17.8 Å². The number of terminal acetylenes is 1. The molecule has 6 N–H and O–H groups in total. The number of H-pyrrole nitrogens is 2. The highest BCUT2D eigenvalue weighted by Gasteiger charge is 2.04. The summed E-state index contributed by atoms with van der Waals surface area (Å²) < 4.78 is 1.88. The van der Waals surface area contributed by atoms with Gasteiger partial charge in [0.05, 0.1) is 31.2 Å². The van der Waals surface area contributed by atoms with E-state index in [1.807, 2.05) is 27.7 Å². The van der Waals surface area contributed by atoms with Crippen molar-refractivity contribution in [2.45, 2.75) is 59.0 Å². The SMILES string of the molecule is C.C#CCCCc1cnc(N)[nH]1.Cl.Cl.Nc1ncc(CCCc2cn(Cc3ccsc3)nn2)[nH]1.[N-]=[N+]=NCc1ccsc1. The van der Waals surface area contributed by atoms with Crippen molar-refractivity contribution >= 4 is 59.4 Å². The number of nitrogens with two attached hydrogens (primary N) is 2. The summed E-state index contributed by atoms with van der Waals surface area (Å²) in [5.74, 6) is 3.53. The molecule has 0 unspecified atom stereocenters. The van der Waals surface area contributed by atoms with Crippen LogP contribution in [0.3, 0.4) is 0 Å². The fourth-order valence-electron chi connectivity index (χ4n) is 3.44. The zero-order chi connectivity index (χ0) is 28.4. The lowest BCUT2D eigenvalue weighted by Crippen LogP contribution is -1.98. The zero-order valence-electron chi connectivity index (χ0n) is 22.8. The van der Waals surface area contributed by atoms with Crippen LogP contribution in [-0.2, 0) is 32.4 Å². The van der Waals surface area contributed by atoms with E-state index in [1.54, 1.807) is 35.1 Å². The third kappa shape index (κ3) is 15.7. The van der Waals surface area contributed by atoms with Crippen molar-refractivity contribution in [2.75, 3.05) is 11.5 Å². The van der Waals surface area contributed by atoms with Crippen molar-refractivity contribution in [3.8, 4) is 12.3 Å². The minimum atomic E-state index is 0. The third-order valence-corrected chi connectivity index (χ3v) is 6.81. The second-order valence-electron chi connectivity index (χ2n) is 8.56. The monoisotopic (exact) mass is 664 g/mol. The predicted octanol–water partition coefficient (Wildman–Crippen LogP) is 6.85. The van der Waals surface area contributed by atoms with Gasteiger partial charge in [-0.3, -0.25) is 0 Å². The van der Waals surface area contributed by atoms with Gasteiger partial charge in [-0.15, -0.1) is 42.3 Å². The number of nitrogen functional groups attached to an aromatic ring is 2. The van der Waals surface area contributed by atoms with Crippen LogP contribution in [0.25, 0.3) is 10.4 Å². The summed E-state index contributed by atoms with van der Waals surface area (Å²) in [6.45, 7) is 1.26. The average molecular weight is 666 g/mol. The van der Waals surface area contributed by atoms with Gasteiger partial charge >= 0.3 is 0 Å². The van der Waals surface area contributed by atoms with Crippen molar-refractivity contribution in [1.29, 1.82) is 0 Å². The van der Waals surface area contributed by atoms with E-state index in [0.29, 0.717) is 18.4 Å². The van der Waals surface area contributed by atoms with Crippen LogP contribution in [0, 0.1) is 12.3 Å². The number of thiophene rings is 2. The summed E-state index contributed by atoms with van der Waals surface area (Å²) in [5.41, 5.74) is 24.3. The summed E-state index contributed by atoms with van der Waals surface area (Å²) in [7, 11) is 0. The van der Waals surface area contributed by atoms with Gasteiger partial charge in [0.1, 0.15) is 0 Å². The normalized spacial score (nSPS) is 9.28. The molecule has 0 saturated heterocycles. The molecular weight excluding hydrogens is 627 g/mol. The molecule has 0 amide bonds. The maximum Gasteiger partial charge on any atom is 0.197 e. The van der Waals surface area contributed by atoms with E-state index in [9.17, 15) is 0 Å². The van der Waals surface area contributed by atoms with Crippen LogP contribution in [-0.4, -0.2) is 34.9 Å². The van der Waals surface area contributed by atoms with E-state index in [-0.39, 0.29) is 32.2 Å². The highest BCUT2D eigenvalue weighted by molar-refractivity contribution is 7.08. The second-order valence-corrected chi connectivity index (χ2v) is 10.1. The third-order valence-electron chi connectivity index (χ3n) is 5.35. The molecule has 232 valence electrons. The van der Waals surface area contributed by atoms with Crippen molar-refractivity contribution in [1.82, 2.24) is 34.9 Å². The Balaban J connectivity index is 0.000000657. The molecule has 5 aromatic rings. The zero-order valence-corrected chi connectivity index (χ0v) is 26.1. The van der Waals surface area contributed by atoms with Gasteiger partial charge in [0, 0.05) is 28.9 Å². The molecule has 0 bridgehead atoms. The molecule has 0 aromatic carbocycles. The van der Waals surface area contributed by atoms with Crippen molar-refractivity contribution in [3.05, 3.63) is 90.9 Å². The Morgan fingerprint density at radius 1 is 0.953 bits per heavy atom. The summed E-state index contributed by atoms with van der Waals surface area (Å²) in [5, 5.41) is 19.9. The van der Waals surface area contributed by atoms with E-state index in [1.165, 1.54) is 5.56 Å². The van der Waals surface area contributed by atoms with E-state index >= 15 is 0 Å². The number of imidazole rings is 2. The Kier molecular flexibility index (Phi) is 20.5. The molecule has 43 heavy (non-hydrogen) atoms. The standard InChI is InChI=1S/C13H16N6S.C8H11N3.C5H5N3S.CH4.2ClH/c14-13-15-6-11(16-13)2-1-3-12-8-19(18-17-12)7-10-4-5-20-9-10;1-2-3-4-5-7-6-10-8(9)11-7;6-8-7-3-5-1-2-9-4-5;;;/h4-6,8-9H,1-3,7H2,(H3,14,15,16);1,6H,3-5H2,(H3,9,10,11);1-2,4H,3H2;1H4;2*1H. The summed E-state index contributed by atoms with van der Waals surface area (Å²) in [6.07, 6.45) is 16.2. The molecule has 16 heteroatoms. The molecule has 0 aliphatic carbocycles. The van der Waals surface area contributed by atoms with E-state index in [0.717, 1.165) is 67.7 Å². The smallest absolute Gasteiger partial charge is 0.197 e. The Hall–Kier alpha value is -3.99. The van der Waals surface area contributed by atoms with Crippen LogP contribution in [0.4, 0.5) is 11.9 Å². The highest BCUT2D eigenvalue weighted by atomic mass is 35.5. The fourth-order valence-corrected chi connectivity index (χ4v) is 4.76. The van der Waals surface area contributed by atoms with Crippen molar-refractivity contribution in [2.24, 2.45) is 5.11 Å². The number of aryl methyl sites for hydroxylation is 3. The first kappa shape index (κ1) is 39.0. The predicted molar refractivity (Wildman–Crippen MR) is 182 cm³/mol. The van der Waals surface area contributed by atoms with Crippen LogP contribution in [0.5, 0.6) is 0 Å². The molecule has 5 heterocycles. The Labute approximate surface area is 272 Å². The molecule has 0 saturated carbocycles. The lowest BCUT2D eigenvalue weighted by Gasteiger charge is -1.96. The first-order valence-electron chi connectivity index (χ1n) is 12.5. The number of hydrogen-bond acceptors (Lipinski definition) is 9. The Bertz CT molecular complexity index is 1460. The van der Waals surface area contributed by atoms with Gasteiger partial charge < -0.3 is 21.4 Å². The number of hydrogen-bond donors (Lipinski definition) is 4. The van der Waals surface area contributed by atoms with Crippen molar-refractivity contribution in [3.63, 3.8) is 0 Å². The molecule has 0 fully saturated rings. The Morgan fingerprint density at radius 2 is 1.56 bits per heavy atom. The number of aromatic nitrogens is 7. The van der Waals surface area contributed by atoms with Crippen LogP contribution < -0.4 is 11.5 Å². The van der Waals surface area contributed by atoms with Crippen molar-refractivity contribution < 1.29 is 0 Å². The van der Waals surface area contributed by atoms with Gasteiger partial charge in [-0.25, -0.2) is 14.6 Å². The quantitative estimate of drug-likeness (QED) is 0.0392. The number of unbranched alkanes of at least 4 members (excludes halogenated alkanes) is 1. The molecule has 0 aliphatic rings. The van der Waals surface area contributed by atoms with Gasteiger partial charge in [-0.2, -0.15) is 22.7 Å². The lowest BCUT2D eigenvalue weighted by atomic mass is 10.2. The summed E-state index contributed by atoms with van der Waals surface area (Å²) >= 11 is 3.30. The number of nitrogens with one attached hydrogen (secondary N) is 2. The summed E-state index contributed by atoms with van der Waals surface area (Å²) in [6, 6.07) is 4.05. The molecule has 0 spiro atoms. The molecule has 12 nitrogen and oxygen atoms in total. The van der Waals surface area contributed by atoms with Crippen LogP contribution >= 0.6 is 47.5 Å². The number of nitrogens with zero attached hydrogens (tertiary/aromatic N) is 8. The van der Waals surface area contributed by atoms with Gasteiger partial charge in [0.25, 0.3) is 0 Å². The van der Waals surface area contributed by atoms with Gasteiger partial charge in [0.15, 0.2) is 11.9 Å². The highest BCUT2D eigenvalue weighted by Crippen LogP contribution is 2.10. The van der Waals surface area contributed by atoms with E-state index in [2.05, 4.69) is 63.0 Å². The molecular formula is C27H38Cl2N12S2. The maximum absolute atomic E-state index is 7.93. The second kappa shape index (κ2) is 22.6. The van der Waals surface area contributed by atoms with E-state index in [4.69, 9.17) is 23.4 Å². The number of anilines is 2. The first-order chi connectivity index (χ1) is 19.6. The molecule has 0 aliphatic heterocycles. The molecule has 0 radical (unpaired) electrons. The molecule has 0 atom stereocenters. The van der Waals surface area contributed by atoms with Gasteiger partial charge in [-0.05, 0) is 82.4 Å². The number of azide groups is 1. The lowest BCUT2D eigenvalue weighted by molar-refractivity contribution is 0.650. The maximum atomic E-state index is 7.93. The minimum Gasteiger partial charge on any atom is -0.369 e. The molecule has 5 aromatic heterocycles. The van der Waals surface area contributed by atoms with E-state index < -0.39 is 0 Å². The number of aromatic amines is 2. The first-order valence-corrected chi connectivity index (χ1v) is 14.4.